The van der Waals surface area contributed by atoms with E-state index in [1.54, 1.807) is 0 Å². The maximum absolute atomic E-state index is 11.8. The van der Waals surface area contributed by atoms with Gasteiger partial charge in [-0.1, -0.05) is 12.8 Å². The predicted octanol–water partition coefficient (Wildman–Crippen LogP) is 3.12. The zero-order valence-corrected chi connectivity index (χ0v) is 10.4. The number of hydrogen-bond acceptors (Lipinski definition) is 2. The fourth-order valence-corrected chi connectivity index (χ4v) is 2.48. The van der Waals surface area contributed by atoms with Crippen molar-refractivity contribution in [3.05, 3.63) is 0 Å². The molecule has 1 N–H and O–H groups in total. The molecule has 0 bridgehead atoms. The Kier molecular flexibility index (Phi) is 6.27. The lowest BCUT2D eigenvalue weighted by molar-refractivity contribution is -0.174. The Morgan fingerprint density at radius 1 is 1.29 bits per heavy atom. The van der Waals surface area contributed by atoms with E-state index in [2.05, 4.69) is 10.1 Å². The van der Waals surface area contributed by atoms with Crippen LogP contribution >= 0.6 is 0 Å². The Morgan fingerprint density at radius 2 is 2.06 bits per heavy atom. The highest BCUT2D eigenvalue weighted by Gasteiger charge is 2.27. The van der Waals surface area contributed by atoms with Crippen molar-refractivity contribution in [3.8, 4) is 0 Å². The van der Waals surface area contributed by atoms with Crippen LogP contribution in [0.15, 0.2) is 0 Å². The normalized spacial score (nSPS) is 26.1. The van der Waals surface area contributed by atoms with E-state index in [4.69, 9.17) is 0 Å². The first-order chi connectivity index (χ1) is 8.01. The van der Waals surface area contributed by atoms with Crippen LogP contribution in [0.2, 0.25) is 0 Å². The summed E-state index contributed by atoms with van der Waals surface area (Å²) in [4.78, 5) is 0. The van der Waals surface area contributed by atoms with E-state index in [9.17, 15) is 13.2 Å². The summed E-state index contributed by atoms with van der Waals surface area (Å²) in [5.41, 5.74) is 0. The van der Waals surface area contributed by atoms with Crippen LogP contribution in [0.3, 0.4) is 0 Å². The third kappa shape index (κ3) is 6.88. The fraction of sp³-hybridized carbons (Fsp3) is 1.00. The maximum atomic E-state index is 11.8. The van der Waals surface area contributed by atoms with Gasteiger partial charge in [0.05, 0.1) is 0 Å². The molecule has 5 heteroatoms. The second-order valence-electron chi connectivity index (χ2n) is 4.83. The average Bonchev–Trinajstić information content (AvgIpc) is 2.27. The van der Waals surface area contributed by atoms with Crippen molar-refractivity contribution in [3.63, 3.8) is 0 Å². The molecule has 0 aromatic carbocycles. The molecule has 1 aliphatic carbocycles. The van der Waals surface area contributed by atoms with Crippen LogP contribution in [0.5, 0.6) is 0 Å². The lowest BCUT2D eigenvalue weighted by Gasteiger charge is -2.28. The number of alkyl halides is 3. The van der Waals surface area contributed by atoms with Crippen LogP contribution in [-0.4, -0.2) is 32.5 Å². The lowest BCUT2D eigenvalue weighted by atomic mass is 9.83. The summed E-state index contributed by atoms with van der Waals surface area (Å²) in [6, 6.07) is 0.588. The van der Waals surface area contributed by atoms with E-state index < -0.39 is 12.8 Å². The molecule has 2 atom stereocenters. The first kappa shape index (κ1) is 14.8. The van der Waals surface area contributed by atoms with Gasteiger partial charge in [-0.05, 0) is 38.6 Å². The molecule has 2 unspecified atom stereocenters. The largest absolute Gasteiger partial charge is 0.411 e. The van der Waals surface area contributed by atoms with Crippen LogP contribution in [-0.2, 0) is 4.74 Å². The standard InChI is InChI=1S/C12H22F3NO/c1-16-11-6-2-4-10(8-11)5-3-7-17-9-12(13,14)15/h10-11,16H,2-9H2,1H3. The highest BCUT2D eigenvalue weighted by atomic mass is 19.4. The van der Waals surface area contributed by atoms with Crippen molar-refractivity contribution >= 4 is 0 Å². The molecule has 0 spiro atoms. The third-order valence-electron chi connectivity index (χ3n) is 3.36. The van der Waals surface area contributed by atoms with Crippen LogP contribution < -0.4 is 5.32 Å². The first-order valence-corrected chi connectivity index (χ1v) is 6.33. The Bertz CT molecular complexity index is 208. The van der Waals surface area contributed by atoms with Gasteiger partial charge >= 0.3 is 6.18 Å². The molecule has 1 saturated carbocycles. The molecule has 0 heterocycles. The average molecular weight is 253 g/mol. The Hall–Kier alpha value is -0.290. The van der Waals surface area contributed by atoms with Gasteiger partial charge in [-0.15, -0.1) is 0 Å². The smallest absolute Gasteiger partial charge is 0.372 e. The zero-order valence-electron chi connectivity index (χ0n) is 10.4. The van der Waals surface area contributed by atoms with Gasteiger partial charge in [0.2, 0.25) is 0 Å². The summed E-state index contributed by atoms with van der Waals surface area (Å²) in [5, 5.41) is 3.28. The molecule has 1 aliphatic rings. The SMILES string of the molecule is CNC1CCCC(CCCOCC(F)(F)F)C1. The first-order valence-electron chi connectivity index (χ1n) is 6.33. The van der Waals surface area contributed by atoms with Crippen LogP contribution in [0.4, 0.5) is 13.2 Å². The zero-order chi connectivity index (χ0) is 12.7. The van der Waals surface area contributed by atoms with Gasteiger partial charge in [-0.25, -0.2) is 0 Å². The summed E-state index contributed by atoms with van der Waals surface area (Å²) >= 11 is 0. The minimum absolute atomic E-state index is 0.222. The minimum atomic E-state index is -4.19. The number of nitrogens with one attached hydrogen (secondary N) is 1. The number of hydrogen-bond donors (Lipinski definition) is 1. The Labute approximate surface area is 101 Å². The molecule has 0 aromatic heterocycles. The second kappa shape index (κ2) is 7.21. The minimum Gasteiger partial charge on any atom is -0.372 e. The molecular weight excluding hydrogens is 231 g/mol. The fourth-order valence-electron chi connectivity index (χ4n) is 2.48. The van der Waals surface area contributed by atoms with Crippen molar-refractivity contribution < 1.29 is 17.9 Å². The van der Waals surface area contributed by atoms with Gasteiger partial charge < -0.3 is 10.1 Å². The molecular formula is C12H22F3NO. The van der Waals surface area contributed by atoms with E-state index in [0.717, 1.165) is 19.3 Å². The molecule has 102 valence electrons. The number of rotatable bonds is 6. The Balaban J connectivity index is 2.02. The number of ether oxygens (including phenoxy) is 1. The van der Waals surface area contributed by atoms with Gasteiger partial charge in [0.1, 0.15) is 6.61 Å². The molecule has 0 radical (unpaired) electrons. The van der Waals surface area contributed by atoms with E-state index in [-0.39, 0.29) is 6.61 Å². The summed E-state index contributed by atoms with van der Waals surface area (Å²) in [6.45, 7) is -0.892. The topological polar surface area (TPSA) is 21.3 Å². The van der Waals surface area contributed by atoms with Gasteiger partial charge in [0.15, 0.2) is 0 Å². The quantitative estimate of drug-likeness (QED) is 0.734. The third-order valence-corrected chi connectivity index (χ3v) is 3.36. The van der Waals surface area contributed by atoms with Crippen LogP contribution in [0.1, 0.15) is 38.5 Å². The van der Waals surface area contributed by atoms with Crippen LogP contribution in [0.25, 0.3) is 0 Å². The highest BCUT2D eigenvalue weighted by molar-refractivity contribution is 4.76. The van der Waals surface area contributed by atoms with Gasteiger partial charge in [-0.2, -0.15) is 13.2 Å². The predicted molar refractivity (Wildman–Crippen MR) is 60.9 cm³/mol. The van der Waals surface area contributed by atoms with Crippen molar-refractivity contribution in [2.45, 2.75) is 50.7 Å². The molecule has 17 heavy (non-hydrogen) atoms. The van der Waals surface area contributed by atoms with Crippen molar-refractivity contribution in [1.82, 2.24) is 5.32 Å². The van der Waals surface area contributed by atoms with E-state index >= 15 is 0 Å². The maximum Gasteiger partial charge on any atom is 0.411 e. The summed E-state index contributed by atoms with van der Waals surface area (Å²) in [7, 11) is 1.97. The van der Waals surface area contributed by atoms with E-state index in [0.29, 0.717) is 12.0 Å². The van der Waals surface area contributed by atoms with Crippen molar-refractivity contribution in [2.24, 2.45) is 5.92 Å². The summed E-state index contributed by atoms with van der Waals surface area (Å²) in [5.74, 6) is 0.649. The Morgan fingerprint density at radius 3 is 2.71 bits per heavy atom. The molecule has 0 aromatic rings. The van der Waals surface area contributed by atoms with Crippen LogP contribution in [0, 0.1) is 5.92 Å². The second-order valence-corrected chi connectivity index (χ2v) is 4.83. The van der Waals surface area contributed by atoms with E-state index in [1.807, 2.05) is 7.05 Å². The number of halogens is 3. The van der Waals surface area contributed by atoms with Gasteiger partial charge in [0.25, 0.3) is 0 Å². The lowest BCUT2D eigenvalue weighted by Crippen LogP contribution is -2.31. The van der Waals surface area contributed by atoms with Gasteiger partial charge in [-0.3, -0.25) is 0 Å². The molecule has 1 fully saturated rings. The highest BCUT2D eigenvalue weighted by Crippen LogP contribution is 2.27. The van der Waals surface area contributed by atoms with E-state index in [1.165, 1.54) is 19.3 Å². The molecule has 2 nitrogen and oxygen atoms in total. The summed E-state index contributed by atoms with van der Waals surface area (Å²) in [6.07, 6.45) is 2.32. The molecule has 1 rings (SSSR count). The van der Waals surface area contributed by atoms with Crippen molar-refractivity contribution in [2.75, 3.05) is 20.3 Å². The molecule has 0 aliphatic heterocycles. The monoisotopic (exact) mass is 253 g/mol. The van der Waals surface area contributed by atoms with Crippen molar-refractivity contribution in [1.29, 1.82) is 0 Å². The molecule has 0 amide bonds. The van der Waals surface area contributed by atoms with Gasteiger partial charge in [0, 0.05) is 12.6 Å². The molecule has 0 saturated heterocycles. The summed E-state index contributed by atoms with van der Waals surface area (Å²) < 4.78 is 40.0.